The minimum atomic E-state index is -1.16. The highest BCUT2D eigenvalue weighted by molar-refractivity contribution is 5.65. The van der Waals surface area contributed by atoms with Crippen molar-refractivity contribution in [2.75, 3.05) is 26.3 Å². The molecule has 0 aromatic heterocycles. The molecule has 0 aliphatic carbocycles. The first-order chi connectivity index (χ1) is 11.6. The standard InChI is InChI=1S/C17H28N2O5/c1-3-23-16(24-4-2)12-18-11-15(20)14(19-17(21)22)10-13-8-6-5-7-9-13/h5-9,14-16,18-20H,3-4,10-12H2,1-2H3,(H,21,22)/t14-,15+/m0/s1. The molecule has 0 aliphatic heterocycles. The number of ether oxygens (including phenoxy) is 2. The summed E-state index contributed by atoms with van der Waals surface area (Å²) >= 11 is 0. The van der Waals surface area contributed by atoms with Crippen LogP contribution in [0.25, 0.3) is 0 Å². The zero-order chi connectivity index (χ0) is 17.8. The van der Waals surface area contributed by atoms with Crippen LogP contribution in [0.3, 0.4) is 0 Å². The van der Waals surface area contributed by atoms with E-state index < -0.39 is 18.2 Å². The van der Waals surface area contributed by atoms with Crippen LogP contribution in [0.15, 0.2) is 30.3 Å². The van der Waals surface area contributed by atoms with E-state index in [-0.39, 0.29) is 12.8 Å². The molecule has 1 aromatic rings. The molecule has 0 spiro atoms. The van der Waals surface area contributed by atoms with Crippen LogP contribution < -0.4 is 10.6 Å². The van der Waals surface area contributed by atoms with Gasteiger partial charge in [-0.3, -0.25) is 0 Å². The number of aliphatic hydroxyl groups excluding tert-OH is 1. The van der Waals surface area contributed by atoms with Crippen molar-refractivity contribution in [1.82, 2.24) is 10.6 Å². The first-order valence-electron chi connectivity index (χ1n) is 8.22. The van der Waals surface area contributed by atoms with E-state index in [1.807, 2.05) is 44.2 Å². The molecule has 24 heavy (non-hydrogen) atoms. The Hall–Kier alpha value is -1.67. The average molecular weight is 340 g/mol. The van der Waals surface area contributed by atoms with Crippen LogP contribution in [0.5, 0.6) is 0 Å². The molecule has 0 heterocycles. The summed E-state index contributed by atoms with van der Waals surface area (Å²) in [4.78, 5) is 11.0. The van der Waals surface area contributed by atoms with E-state index in [4.69, 9.17) is 14.6 Å². The normalized spacial score (nSPS) is 13.7. The van der Waals surface area contributed by atoms with Crippen LogP contribution >= 0.6 is 0 Å². The van der Waals surface area contributed by atoms with Gasteiger partial charge >= 0.3 is 6.09 Å². The highest BCUT2D eigenvalue weighted by Gasteiger charge is 2.21. The maximum absolute atomic E-state index is 11.0. The number of nitrogens with one attached hydrogen (secondary N) is 2. The molecule has 7 heteroatoms. The van der Waals surface area contributed by atoms with Crippen LogP contribution in [0.2, 0.25) is 0 Å². The summed E-state index contributed by atoms with van der Waals surface area (Å²) in [5, 5.41) is 24.7. The quantitative estimate of drug-likeness (QED) is 0.427. The summed E-state index contributed by atoms with van der Waals surface area (Å²) in [7, 11) is 0. The summed E-state index contributed by atoms with van der Waals surface area (Å²) in [5.41, 5.74) is 0.955. The number of rotatable bonds is 12. The molecule has 0 bridgehead atoms. The SMILES string of the molecule is CCOC(CNC[C@@H](O)[C@H](Cc1ccccc1)NC(=O)O)OCC. The van der Waals surface area contributed by atoms with E-state index in [1.54, 1.807) is 0 Å². The monoisotopic (exact) mass is 340 g/mol. The van der Waals surface area contributed by atoms with Crippen molar-refractivity contribution in [3.05, 3.63) is 35.9 Å². The molecular weight excluding hydrogens is 312 g/mol. The Balaban J connectivity index is 2.51. The van der Waals surface area contributed by atoms with Crippen molar-refractivity contribution in [2.45, 2.75) is 38.7 Å². The van der Waals surface area contributed by atoms with Crippen LogP contribution in [0, 0.1) is 0 Å². The lowest BCUT2D eigenvalue weighted by atomic mass is 10.0. The average Bonchev–Trinajstić information content (AvgIpc) is 2.55. The lowest BCUT2D eigenvalue weighted by Gasteiger charge is -2.24. The Morgan fingerprint density at radius 1 is 1.12 bits per heavy atom. The van der Waals surface area contributed by atoms with Crippen molar-refractivity contribution in [3.8, 4) is 0 Å². The third-order valence-electron chi connectivity index (χ3n) is 3.44. The number of carboxylic acid groups (broad SMARTS) is 1. The van der Waals surface area contributed by atoms with Gasteiger partial charge in [0.05, 0.1) is 12.1 Å². The van der Waals surface area contributed by atoms with Gasteiger partial charge in [0.15, 0.2) is 6.29 Å². The lowest BCUT2D eigenvalue weighted by molar-refractivity contribution is -0.133. The topological polar surface area (TPSA) is 100 Å². The number of benzene rings is 1. The number of amides is 1. The van der Waals surface area contributed by atoms with Crippen LogP contribution in [0.1, 0.15) is 19.4 Å². The Morgan fingerprint density at radius 3 is 2.29 bits per heavy atom. The number of hydrogen-bond acceptors (Lipinski definition) is 5. The third-order valence-corrected chi connectivity index (χ3v) is 3.44. The molecular formula is C17H28N2O5. The summed E-state index contributed by atoms with van der Waals surface area (Å²) in [6, 6.07) is 8.85. The summed E-state index contributed by atoms with van der Waals surface area (Å²) < 4.78 is 10.8. The van der Waals surface area contributed by atoms with Gasteiger partial charge < -0.3 is 30.3 Å². The molecule has 1 rings (SSSR count). The molecule has 2 atom stereocenters. The maximum Gasteiger partial charge on any atom is 0.404 e. The van der Waals surface area contributed by atoms with Crippen molar-refractivity contribution in [2.24, 2.45) is 0 Å². The van der Waals surface area contributed by atoms with E-state index >= 15 is 0 Å². The number of aliphatic hydroxyl groups is 1. The summed E-state index contributed by atoms with van der Waals surface area (Å²) in [6.07, 6.45) is -2.00. The molecule has 1 aromatic carbocycles. The van der Waals surface area contributed by atoms with E-state index in [0.717, 1.165) is 5.56 Å². The van der Waals surface area contributed by atoms with Crippen molar-refractivity contribution in [3.63, 3.8) is 0 Å². The first-order valence-corrected chi connectivity index (χ1v) is 8.22. The molecule has 4 N–H and O–H groups in total. The molecule has 0 fully saturated rings. The Labute approximate surface area is 143 Å². The molecule has 0 saturated carbocycles. The molecule has 0 radical (unpaired) electrons. The van der Waals surface area contributed by atoms with Gasteiger partial charge in [0.25, 0.3) is 0 Å². The van der Waals surface area contributed by atoms with E-state index in [9.17, 15) is 9.90 Å². The zero-order valence-electron chi connectivity index (χ0n) is 14.3. The minimum absolute atomic E-state index is 0.231. The summed E-state index contributed by atoms with van der Waals surface area (Å²) in [5.74, 6) is 0. The summed E-state index contributed by atoms with van der Waals surface area (Å²) in [6.45, 7) is 5.48. The third kappa shape index (κ3) is 8.26. The van der Waals surface area contributed by atoms with E-state index in [2.05, 4.69) is 10.6 Å². The fourth-order valence-corrected chi connectivity index (χ4v) is 2.34. The van der Waals surface area contributed by atoms with Crippen LogP contribution in [0.4, 0.5) is 4.79 Å². The second-order valence-electron chi connectivity index (χ2n) is 5.31. The van der Waals surface area contributed by atoms with Gasteiger partial charge in [-0.05, 0) is 25.8 Å². The molecule has 7 nitrogen and oxygen atoms in total. The molecule has 136 valence electrons. The lowest BCUT2D eigenvalue weighted by Crippen LogP contribution is -2.49. The molecule has 0 saturated heterocycles. The minimum Gasteiger partial charge on any atom is -0.465 e. The van der Waals surface area contributed by atoms with E-state index in [0.29, 0.717) is 26.2 Å². The van der Waals surface area contributed by atoms with Gasteiger partial charge in [0.2, 0.25) is 0 Å². The van der Waals surface area contributed by atoms with Gasteiger partial charge in [0, 0.05) is 26.3 Å². The first kappa shape index (κ1) is 20.4. The Bertz CT molecular complexity index is 452. The van der Waals surface area contributed by atoms with Crippen LogP contribution in [-0.2, 0) is 15.9 Å². The van der Waals surface area contributed by atoms with Crippen molar-refractivity contribution in [1.29, 1.82) is 0 Å². The fourth-order valence-electron chi connectivity index (χ4n) is 2.34. The molecule has 0 unspecified atom stereocenters. The van der Waals surface area contributed by atoms with Crippen molar-refractivity contribution < 1.29 is 24.5 Å². The second-order valence-corrected chi connectivity index (χ2v) is 5.31. The number of carbonyl (C=O) groups is 1. The molecule has 1 amide bonds. The van der Waals surface area contributed by atoms with Crippen LogP contribution in [-0.4, -0.2) is 61.0 Å². The largest absolute Gasteiger partial charge is 0.465 e. The molecule has 0 aliphatic rings. The smallest absolute Gasteiger partial charge is 0.404 e. The van der Waals surface area contributed by atoms with Gasteiger partial charge in [-0.2, -0.15) is 0 Å². The Morgan fingerprint density at radius 2 is 1.75 bits per heavy atom. The van der Waals surface area contributed by atoms with E-state index in [1.165, 1.54) is 0 Å². The predicted octanol–water partition coefficient (Wildman–Crippen LogP) is 1.21. The van der Waals surface area contributed by atoms with Gasteiger partial charge in [-0.1, -0.05) is 30.3 Å². The van der Waals surface area contributed by atoms with Gasteiger partial charge in [-0.15, -0.1) is 0 Å². The fraction of sp³-hybridized carbons (Fsp3) is 0.588. The van der Waals surface area contributed by atoms with Gasteiger partial charge in [0.1, 0.15) is 0 Å². The van der Waals surface area contributed by atoms with Crippen molar-refractivity contribution >= 4 is 6.09 Å². The zero-order valence-corrected chi connectivity index (χ0v) is 14.3. The Kier molecular flexibility index (Phi) is 10.0. The highest BCUT2D eigenvalue weighted by atomic mass is 16.7. The number of hydrogen-bond donors (Lipinski definition) is 4. The highest BCUT2D eigenvalue weighted by Crippen LogP contribution is 2.06. The van der Waals surface area contributed by atoms with Gasteiger partial charge in [-0.25, -0.2) is 4.79 Å². The maximum atomic E-state index is 11.0. The predicted molar refractivity (Wildman–Crippen MR) is 91.0 cm³/mol. The second kappa shape index (κ2) is 11.8.